The van der Waals surface area contributed by atoms with Crippen molar-refractivity contribution in [2.75, 3.05) is 20.6 Å². The minimum atomic E-state index is -0.902. The van der Waals surface area contributed by atoms with Gasteiger partial charge < -0.3 is 9.47 Å². The average molecular weight is 308 g/mol. The van der Waals surface area contributed by atoms with Gasteiger partial charge in [-0.25, -0.2) is 9.59 Å². The van der Waals surface area contributed by atoms with Crippen molar-refractivity contribution in [1.29, 1.82) is 0 Å². The lowest BCUT2D eigenvalue weighted by Crippen LogP contribution is -2.59. The number of urea groups is 1. The van der Waals surface area contributed by atoms with E-state index in [1.165, 1.54) is 29.8 Å². The van der Waals surface area contributed by atoms with Crippen LogP contribution in [0.25, 0.3) is 0 Å². The number of hydrogen-bond acceptors (Lipinski definition) is 4. The fourth-order valence-corrected chi connectivity index (χ4v) is 2.96. The molecule has 1 fully saturated rings. The number of carbonyl (C=O) groups excluding carboxylic acids is 2. The Labute approximate surface area is 127 Å². The summed E-state index contributed by atoms with van der Waals surface area (Å²) >= 11 is 0. The molecule has 1 aliphatic rings. The smallest absolute Gasteiger partial charge is 0.326 e. The van der Waals surface area contributed by atoms with Gasteiger partial charge in [0.1, 0.15) is 0 Å². The van der Waals surface area contributed by atoms with E-state index in [1.807, 2.05) is 0 Å². The number of rotatable bonds is 2. The summed E-state index contributed by atoms with van der Waals surface area (Å²) in [6, 6.07) is -0.365. The van der Waals surface area contributed by atoms with Crippen molar-refractivity contribution in [3.63, 3.8) is 0 Å². The van der Waals surface area contributed by atoms with Crippen molar-refractivity contribution in [3.8, 4) is 0 Å². The minimum absolute atomic E-state index is 0.161. The van der Waals surface area contributed by atoms with Gasteiger partial charge in [0.25, 0.3) is 5.56 Å². The van der Waals surface area contributed by atoms with Gasteiger partial charge in [-0.15, -0.1) is 0 Å². The first-order chi connectivity index (χ1) is 10.1. The summed E-state index contributed by atoms with van der Waals surface area (Å²) in [5.41, 5.74) is -1.37. The van der Waals surface area contributed by atoms with Gasteiger partial charge in [-0.3, -0.25) is 19.1 Å². The predicted molar refractivity (Wildman–Crippen MR) is 79.5 cm³/mol. The SMILES string of the molecule is CN1CC(C)(Cc2cn(C)c(=O)n(C)c2=O)C(=O)N(C)C1=O. The highest BCUT2D eigenvalue weighted by atomic mass is 16.2. The van der Waals surface area contributed by atoms with Crippen molar-refractivity contribution in [2.45, 2.75) is 13.3 Å². The van der Waals surface area contributed by atoms with Crippen LogP contribution in [0, 0.1) is 5.41 Å². The van der Waals surface area contributed by atoms with E-state index in [-0.39, 0.29) is 24.9 Å². The van der Waals surface area contributed by atoms with Crippen molar-refractivity contribution in [1.82, 2.24) is 18.9 Å². The van der Waals surface area contributed by atoms with Crippen molar-refractivity contribution in [3.05, 3.63) is 32.6 Å². The van der Waals surface area contributed by atoms with E-state index in [0.29, 0.717) is 5.56 Å². The third kappa shape index (κ3) is 2.34. The summed E-state index contributed by atoms with van der Waals surface area (Å²) in [5, 5.41) is 0. The molecule has 3 amide bonds. The average Bonchev–Trinajstić information content (AvgIpc) is 2.46. The fraction of sp³-hybridized carbons (Fsp3) is 0.571. The zero-order valence-electron chi connectivity index (χ0n) is 13.4. The Morgan fingerprint density at radius 3 is 2.27 bits per heavy atom. The van der Waals surface area contributed by atoms with Gasteiger partial charge in [0.05, 0.1) is 5.41 Å². The van der Waals surface area contributed by atoms with Gasteiger partial charge in [-0.05, 0) is 13.3 Å². The van der Waals surface area contributed by atoms with E-state index in [4.69, 9.17) is 0 Å². The third-order valence-corrected chi connectivity index (χ3v) is 4.12. The molecule has 22 heavy (non-hydrogen) atoms. The van der Waals surface area contributed by atoms with Gasteiger partial charge in [0, 0.05) is 46.5 Å². The Kier molecular flexibility index (Phi) is 3.72. The number of aromatic nitrogens is 2. The molecule has 1 unspecified atom stereocenters. The van der Waals surface area contributed by atoms with E-state index < -0.39 is 16.7 Å². The maximum atomic E-state index is 12.5. The Hall–Kier alpha value is -2.38. The molecule has 0 N–H and O–H groups in total. The van der Waals surface area contributed by atoms with Gasteiger partial charge in [0.15, 0.2) is 0 Å². The molecule has 8 heteroatoms. The van der Waals surface area contributed by atoms with Crippen LogP contribution in [-0.4, -0.2) is 51.5 Å². The molecule has 0 radical (unpaired) electrons. The Morgan fingerprint density at radius 1 is 1.09 bits per heavy atom. The molecule has 1 aliphatic heterocycles. The quantitative estimate of drug-likeness (QED) is 0.713. The molecule has 2 rings (SSSR count). The summed E-state index contributed by atoms with van der Waals surface area (Å²) in [6.45, 7) is 1.94. The number of aryl methyl sites for hydroxylation is 1. The molecular weight excluding hydrogens is 288 g/mol. The fourth-order valence-electron chi connectivity index (χ4n) is 2.96. The van der Waals surface area contributed by atoms with E-state index in [0.717, 1.165) is 9.47 Å². The number of amides is 3. The molecule has 1 saturated heterocycles. The van der Waals surface area contributed by atoms with Gasteiger partial charge in [-0.1, -0.05) is 0 Å². The molecule has 0 aromatic carbocycles. The second kappa shape index (κ2) is 5.11. The molecule has 1 atom stereocenters. The van der Waals surface area contributed by atoms with Crippen LogP contribution in [0.4, 0.5) is 4.79 Å². The molecule has 0 bridgehead atoms. The summed E-state index contributed by atoms with van der Waals surface area (Å²) in [5.74, 6) is -0.327. The zero-order chi connectivity index (χ0) is 16.8. The van der Waals surface area contributed by atoms with E-state index in [1.54, 1.807) is 21.0 Å². The lowest BCUT2D eigenvalue weighted by molar-refractivity contribution is -0.141. The van der Waals surface area contributed by atoms with Crippen LogP contribution in [-0.2, 0) is 25.3 Å². The maximum Gasteiger partial charge on any atom is 0.330 e. The molecule has 2 heterocycles. The number of imide groups is 1. The maximum absolute atomic E-state index is 12.5. The topological polar surface area (TPSA) is 84.6 Å². The highest BCUT2D eigenvalue weighted by molar-refractivity contribution is 5.99. The first kappa shape index (κ1) is 16.0. The monoisotopic (exact) mass is 308 g/mol. The van der Waals surface area contributed by atoms with Gasteiger partial charge in [-0.2, -0.15) is 0 Å². The Balaban J connectivity index is 2.46. The largest absolute Gasteiger partial charge is 0.330 e. The second-order valence-electron chi connectivity index (χ2n) is 6.15. The van der Waals surface area contributed by atoms with E-state index in [9.17, 15) is 19.2 Å². The van der Waals surface area contributed by atoms with Gasteiger partial charge in [0.2, 0.25) is 5.91 Å². The highest BCUT2D eigenvalue weighted by Crippen LogP contribution is 2.29. The first-order valence-electron chi connectivity index (χ1n) is 6.87. The van der Waals surface area contributed by atoms with Crippen molar-refractivity contribution >= 4 is 11.9 Å². The van der Waals surface area contributed by atoms with Crippen molar-refractivity contribution in [2.24, 2.45) is 19.5 Å². The molecule has 0 spiro atoms. The van der Waals surface area contributed by atoms with Crippen LogP contribution >= 0.6 is 0 Å². The Morgan fingerprint density at radius 2 is 1.68 bits per heavy atom. The van der Waals surface area contributed by atoms with Gasteiger partial charge >= 0.3 is 11.7 Å². The summed E-state index contributed by atoms with van der Waals surface area (Å²) in [4.78, 5) is 50.7. The molecule has 0 saturated carbocycles. The lowest BCUT2D eigenvalue weighted by atomic mass is 9.81. The number of carbonyl (C=O) groups is 2. The first-order valence-corrected chi connectivity index (χ1v) is 6.87. The third-order valence-electron chi connectivity index (χ3n) is 4.12. The number of hydrogen-bond donors (Lipinski definition) is 0. The standard InChI is InChI=1S/C14H20N4O4/c1-14(8-16(3)13(22)18(5)11(14)20)6-9-7-15(2)12(21)17(4)10(9)19/h7H,6,8H2,1-5H3. The highest BCUT2D eigenvalue weighted by Gasteiger charge is 2.45. The second-order valence-corrected chi connectivity index (χ2v) is 6.15. The summed E-state index contributed by atoms with van der Waals surface area (Å²) in [7, 11) is 6.00. The van der Waals surface area contributed by atoms with E-state index in [2.05, 4.69) is 0 Å². The van der Waals surface area contributed by atoms with Crippen LogP contribution in [0.1, 0.15) is 12.5 Å². The molecule has 8 nitrogen and oxygen atoms in total. The molecular formula is C14H20N4O4. The zero-order valence-corrected chi connectivity index (χ0v) is 13.4. The molecule has 0 aliphatic carbocycles. The van der Waals surface area contributed by atoms with Crippen LogP contribution in [0.15, 0.2) is 15.8 Å². The summed E-state index contributed by atoms with van der Waals surface area (Å²) < 4.78 is 2.33. The molecule has 1 aromatic rings. The molecule has 1 aromatic heterocycles. The van der Waals surface area contributed by atoms with Crippen LogP contribution in [0.3, 0.4) is 0 Å². The number of nitrogens with zero attached hydrogens (tertiary/aromatic N) is 4. The minimum Gasteiger partial charge on any atom is -0.326 e. The van der Waals surface area contributed by atoms with Crippen LogP contribution in [0.5, 0.6) is 0 Å². The lowest BCUT2D eigenvalue weighted by Gasteiger charge is -2.41. The Bertz CT molecular complexity index is 763. The predicted octanol–water partition coefficient (Wildman–Crippen LogP) is -0.843. The van der Waals surface area contributed by atoms with E-state index >= 15 is 0 Å². The van der Waals surface area contributed by atoms with Crippen molar-refractivity contribution < 1.29 is 9.59 Å². The van der Waals surface area contributed by atoms with Crippen LogP contribution < -0.4 is 11.2 Å². The summed E-state index contributed by atoms with van der Waals surface area (Å²) in [6.07, 6.45) is 1.62. The normalized spacial score (nSPS) is 22.4. The molecule has 120 valence electrons. The van der Waals surface area contributed by atoms with Crippen LogP contribution in [0.2, 0.25) is 0 Å².